The molecule has 0 fully saturated rings. The van der Waals surface area contributed by atoms with Gasteiger partial charge in [-0.15, -0.1) is 0 Å². The van der Waals surface area contributed by atoms with E-state index in [0.29, 0.717) is 0 Å². The molecule has 1 aromatic carbocycles. The summed E-state index contributed by atoms with van der Waals surface area (Å²) in [6.45, 7) is 9.72. The van der Waals surface area contributed by atoms with Crippen LogP contribution in [0.5, 0.6) is 0 Å². The molecule has 0 aromatic heterocycles. The highest BCUT2D eigenvalue weighted by molar-refractivity contribution is 5.73. The minimum atomic E-state index is -1.23. The second-order valence-electron chi connectivity index (χ2n) is 6.22. The number of aliphatic hydroxyl groups is 1. The Bertz CT molecular complexity index is 438. The van der Waals surface area contributed by atoms with E-state index in [1.165, 1.54) is 12.7 Å². The first-order chi connectivity index (χ1) is 8.60. The molecule has 19 heavy (non-hydrogen) atoms. The van der Waals surface area contributed by atoms with Crippen LogP contribution in [0.1, 0.15) is 45.7 Å². The molecule has 0 saturated carbocycles. The maximum Gasteiger partial charge on any atom is 0.311 e. The van der Waals surface area contributed by atoms with E-state index in [1.807, 2.05) is 24.3 Å². The zero-order valence-corrected chi connectivity index (χ0v) is 12.7. The van der Waals surface area contributed by atoms with E-state index in [-0.39, 0.29) is 5.41 Å². The summed E-state index contributed by atoms with van der Waals surface area (Å²) in [5.74, 6) is -1.03. The van der Waals surface area contributed by atoms with Crippen molar-refractivity contribution in [3.63, 3.8) is 0 Å². The molecule has 1 rings (SSSR count). The molecule has 0 amide bonds. The van der Waals surface area contributed by atoms with E-state index < -0.39 is 17.5 Å². The van der Waals surface area contributed by atoms with E-state index in [0.717, 1.165) is 5.56 Å². The van der Waals surface area contributed by atoms with E-state index in [2.05, 4.69) is 20.8 Å². The lowest BCUT2D eigenvalue weighted by atomic mass is 9.81. The quantitative estimate of drug-likeness (QED) is 0.854. The molecule has 3 nitrogen and oxygen atoms in total. The lowest BCUT2D eigenvalue weighted by molar-refractivity contribution is -0.154. The smallest absolute Gasteiger partial charge is 0.311 e. The summed E-state index contributed by atoms with van der Waals surface area (Å²) in [5, 5.41) is 10.5. The SMILES string of the molecule is COC(=O)C(C)C(C)(O)c1ccc(C(C)(C)C)cc1. The molecule has 2 atom stereocenters. The van der Waals surface area contributed by atoms with Gasteiger partial charge in [0.1, 0.15) is 0 Å². The Kier molecular flexibility index (Phi) is 4.41. The normalized spacial score (nSPS) is 16.6. The van der Waals surface area contributed by atoms with Gasteiger partial charge >= 0.3 is 5.97 Å². The van der Waals surface area contributed by atoms with Crippen molar-refractivity contribution in [1.82, 2.24) is 0 Å². The van der Waals surface area contributed by atoms with Crippen molar-refractivity contribution in [3.05, 3.63) is 35.4 Å². The van der Waals surface area contributed by atoms with Crippen LogP contribution in [-0.2, 0) is 20.5 Å². The van der Waals surface area contributed by atoms with Crippen LogP contribution < -0.4 is 0 Å². The molecule has 0 aliphatic rings. The molecule has 0 saturated heterocycles. The average molecular weight is 264 g/mol. The standard InChI is InChI=1S/C16H24O3/c1-11(14(17)19-6)16(5,18)13-9-7-12(8-10-13)15(2,3)4/h7-11,18H,1-6H3. The lowest BCUT2D eigenvalue weighted by Gasteiger charge is -2.29. The number of esters is 1. The second-order valence-corrected chi connectivity index (χ2v) is 6.22. The van der Waals surface area contributed by atoms with Gasteiger partial charge < -0.3 is 9.84 Å². The zero-order chi connectivity index (χ0) is 14.8. The van der Waals surface area contributed by atoms with Crippen LogP contribution in [0.4, 0.5) is 0 Å². The van der Waals surface area contributed by atoms with Crippen LogP contribution in [0.15, 0.2) is 24.3 Å². The highest BCUT2D eigenvalue weighted by Gasteiger charge is 2.36. The van der Waals surface area contributed by atoms with Crippen molar-refractivity contribution in [2.75, 3.05) is 7.11 Å². The molecular formula is C16H24O3. The molecule has 0 spiro atoms. The third-order valence-corrected chi connectivity index (χ3v) is 3.73. The topological polar surface area (TPSA) is 46.5 Å². The van der Waals surface area contributed by atoms with Crippen molar-refractivity contribution < 1.29 is 14.6 Å². The van der Waals surface area contributed by atoms with Crippen LogP contribution in [-0.4, -0.2) is 18.2 Å². The highest BCUT2D eigenvalue weighted by Crippen LogP contribution is 2.31. The predicted molar refractivity (Wildman–Crippen MR) is 75.9 cm³/mol. The molecule has 0 aliphatic carbocycles. The van der Waals surface area contributed by atoms with Crippen molar-refractivity contribution in [2.24, 2.45) is 5.92 Å². The first-order valence-corrected chi connectivity index (χ1v) is 6.52. The Morgan fingerprint density at radius 2 is 1.53 bits per heavy atom. The Labute approximate surface area is 115 Å². The molecule has 0 heterocycles. The lowest BCUT2D eigenvalue weighted by Crippen LogP contribution is -2.36. The molecule has 1 N–H and O–H groups in total. The van der Waals surface area contributed by atoms with Gasteiger partial charge in [0.05, 0.1) is 18.6 Å². The number of hydrogen-bond acceptors (Lipinski definition) is 3. The van der Waals surface area contributed by atoms with Crippen molar-refractivity contribution in [2.45, 2.75) is 45.6 Å². The number of benzene rings is 1. The van der Waals surface area contributed by atoms with Gasteiger partial charge in [-0.3, -0.25) is 4.79 Å². The summed E-state index contributed by atoms with van der Waals surface area (Å²) in [7, 11) is 1.33. The molecule has 106 valence electrons. The van der Waals surface area contributed by atoms with Crippen LogP contribution in [0.2, 0.25) is 0 Å². The minimum absolute atomic E-state index is 0.0678. The van der Waals surface area contributed by atoms with E-state index >= 15 is 0 Å². The van der Waals surface area contributed by atoms with Gasteiger partial charge in [0, 0.05) is 0 Å². The average Bonchev–Trinajstić information content (AvgIpc) is 2.36. The maximum atomic E-state index is 11.6. The molecular weight excluding hydrogens is 240 g/mol. The number of rotatable bonds is 3. The summed E-state index contributed by atoms with van der Waals surface area (Å²) >= 11 is 0. The molecule has 2 unspecified atom stereocenters. The first kappa shape index (κ1) is 15.7. The van der Waals surface area contributed by atoms with Crippen LogP contribution in [0, 0.1) is 5.92 Å². The van der Waals surface area contributed by atoms with Gasteiger partial charge in [0.25, 0.3) is 0 Å². The van der Waals surface area contributed by atoms with Crippen LogP contribution in [0.25, 0.3) is 0 Å². The number of hydrogen-bond donors (Lipinski definition) is 1. The molecule has 3 heteroatoms. The minimum Gasteiger partial charge on any atom is -0.469 e. The Morgan fingerprint density at radius 3 is 1.89 bits per heavy atom. The fraction of sp³-hybridized carbons (Fsp3) is 0.562. The second kappa shape index (κ2) is 5.33. The third kappa shape index (κ3) is 3.35. The number of ether oxygens (including phenoxy) is 1. The van der Waals surface area contributed by atoms with Gasteiger partial charge in [-0.05, 0) is 30.4 Å². The molecule has 0 bridgehead atoms. The fourth-order valence-electron chi connectivity index (χ4n) is 1.96. The van der Waals surface area contributed by atoms with E-state index in [4.69, 9.17) is 4.74 Å². The summed E-state index contributed by atoms with van der Waals surface area (Å²) in [5.41, 5.74) is 0.748. The first-order valence-electron chi connectivity index (χ1n) is 6.52. The fourth-order valence-corrected chi connectivity index (χ4v) is 1.96. The number of methoxy groups -OCH3 is 1. The Balaban J connectivity index is 3.06. The van der Waals surface area contributed by atoms with E-state index in [1.54, 1.807) is 13.8 Å². The summed E-state index contributed by atoms with van der Waals surface area (Å²) in [4.78, 5) is 11.6. The molecule has 1 aromatic rings. The summed E-state index contributed by atoms with van der Waals surface area (Å²) in [6, 6.07) is 7.74. The Morgan fingerprint density at radius 1 is 1.11 bits per heavy atom. The summed E-state index contributed by atoms with van der Waals surface area (Å²) in [6.07, 6.45) is 0. The van der Waals surface area contributed by atoms with Gasteiger partial charge in [0.2, 0.25) is 0 Å². The number of carbonyl (C=O) groups is 1. The predicted octanol–water partition coefficient (Wildman–Crippen LogP) is 3.00. The van der Waals surface area contributed by atoms with Crippen molar-refractivity contribution in [3.8, 4) is 0 Å². The molecule has 0 aliphatic heterocycles. The van der Waals surface area contributed by atoms with Gasteiger partial charge in [0.15, 0.2) is 0 Å². The Hall–Kier alpha value is -1.35. The van der Waals surface area contributed by atoms with Crippen LogP contribution >= 0.6 is 0 Å². The van der Waals surface area contributed by atoms with E-state index in [9.17, 15) is 9.90 Å². The monoisotopic (exact) mass is 264 g/mol. The van der Waals surface area contributed by atoms with Gasteiger partial charge in [-0.1, -0.05) is 45.0 Å². The maximum absolute atomic E-state index is 11.6. The van der Waals surface area contributed by atoms with Crippen molar-refractivity contribution >= 4 is 5.97 Å². The third-order valence-electron chi connectivity index (χ3n) is 3.73. The van der Waals surface area contributed by atoms with Gasteiger partial charge in [-0.2, -0.15) is 0 Å². The van der Waals surface area contributed by atoms with Crippen molar-refractivity contribution in [1.29, 1.82) is 0 Å². The zero-order valence-electron chi connectivity index (χ0n) is 12.7. The van der Waals surface area contributed by atoms with Crippen LogP contribution in [0.3, 0.4) is 0 Å². The number of carbonyl (C=O) groups excluding carboxylic acids is 1. The summed E-state index contributed by atoms with van der Waals surface area (Å²) < 4.78 is 4.70. The largest absolute Gasteiger partial charge is 0.469 e. The van der Waals surface area contributed by atoms with Gasteiger partial charge in [-0.25, -0.2) is 0 Å². The highest BCUT2D eigenvalue weighted by atomic mass is 16.5. The molecule has 0 radical (unpaired) electrons.